The second-order valence-electron chi connectivity index (χ2n) is 5.31. The molecule has 2 aromatic rings. The zero-order valence-electron chi connectivity index (χ0n) is 14.9. The molecule has 9 nitrogen and oxygen atoms in total. The van der Waals surface area contributed by atoms with Crippen LogP contribution < -0.4 is 9.04 Å². The second-order valence-corrected chi connectivity index (χ2v) is 7.14. The highest BCUT2D eigenvalue weighted by Crippen LogP contribution is 2.30. The van der Waals surface area contributed by atoms with Crippen LogP contribution in [-0.2, 0) is 16.6 Å². The van der Waals surface area contributed by atoms with Gasteiger partial charge in [-0.15, -0.1) is 6.58 Å². The number of rotatable bonds is 9. The number of halogens is 3. The van der Waals surface area contributed by atoms with Gasteiger partial charge in [0.05, 0.1) is 24.9 Å². The number of aliphatic hydroxyl groups is 1. The zero-order chi connectivity index (χ0) is 21.8. The number of carbonyl (C=O) groups is 1. The third kappa shape index (κ3) is 4.51. The number of carbonyl (C=O) groups excluding carboxylic acids is 1. The summed E-state index contributed by atoms with van der Waals surface area (Å²) in [5, 5.41) is 9.20. The Balaban J connectivity index is 2.71. The molecule has 0 bridgehead atoms. The summed E-state index contributed by atoms with van der Waals surface area (Å²) in [5.74, 6) is -7.08. The molecule has 1 heterocycles. The van der Waals surface area contributed by atoms with Crippen molar-refractivity contribution in [2.45, 2.75) is 12.4 Å². The third-order valence-corrected chi connectivity index (χ3v) is 4.89. The van der Waals surface area contributed by atoms with Crippen LogP contribution in [0.1, 0.15) is 22.0 Å². The summed E-state index contributed by atoms with van der Waals surface area (Å²) >= 11 is 0. The van der Waals surface area contributed by atoms with Crippen LogP contribution in [-0.4, -0.2) is 53.7 Å². The maximum Gasteiger partial charge on any atom is 0.355 e. The number of methoxy groups -OCH3 is 1. The highest BCUT2D eigenvalue weighted by Gasteiger charge is 2.36. The minimum Gasteiger partial charge on any atom is -0.467 e. The van der Waals surface area contributed by atoms with Crippen molar-refractivity contribution >= 4 is 21.5 Å². The Morgan fingerprint density at radius 2 is 2.03 bits per heavy atom. The number of ether oxygens (including phenoxy) is 1. The Kier molecular flexibility index (Phi) is 6.87. The number of sulfonamides is 1. The first-order valence-electron chi connectivity index (χ1n) is 7.81. The maximum absolute atomic E-state index is 14.5. The molecule has 1 aromatic carbocycles. The van der Waals surface area contributed by atoms with Crippen LogP contribution in [0.25, 0.3) is 0 Å². The van der Waals surface area contributed by atoms with E-state index in [4.69, 9.17) is 4.74 Å². The summed E-state index contributed by atoms with van der Waals surface area (Å²) in [4.78, 5) is 23.9. The molecule has 0 amide bonds. The predicted octanol–water partition coefficient (Wildman–Crippen LogP) is 1.29. The fourth-order valence-electron chi connectivity index (χ4n) is 2.27. The van der Waals surface area contributed by atoms with E-state index in [1.807, 2.05) is 0 Å². The number of benzene rings is 1. The summed E-state index contributed by atoms with van der Waals surface area (Å²) in [6, 6.07) is 2.56. The first kappa shape index (κ1) is 22.2. The van der Waals surface area contributed by atoms with Gasteiger partial charge >= 0.3 is 11.8 Å². The first-order chi connectivity index (χ1) is 13.7. The lowest BCUT2D eigenvalue weighted by Gasteiger charge is -2.24. The van der Waals surface area contributed by atoms with E-state index in [0.29, 0.717) is 0 Å². The van der Waals surface area contributed by atoms with Crippen molar-refractivity contribution in [2.24, 2.45) is 0 Å². The Morgan fingerprint density at radius 3 is 2.59 bits per heavy atom. The molecular formula is C16H15F3N4O5S. The Hall–Kier alpha value is -3.06. The molecule has 29 heavy (non-hydrogen) atoms. The predicted molar refractivity (Wildman–Crippen MR) is 94.6 cm³/mol. The van der Waals surface area contributed by atoms with Crippen molar-refractivity contribution in [3.05, 3.63) is 53.9 Å². The summed E-state index contributed by atoms with van der Waals surface area (Å²) in [6.45, 7) is 1.86. The number of para-hydroxylation sites is 1. The lowest BCUT2D eigenvalue weighted by atomic mass is 10.1. The average Bonchev–Trinajstić information content (AvgIpc) is 2.70. The fraction of sp³-hybridized carbons (Fsp3) is 0.250. The van der Waals surface area contributed by atoms with Gasteiger partial charge in [0.1, 0.15) is 12.4 Å². The van der Waals surface area contributed by atoms with Crippen LogP contribution in [0.3, 0.4) is 0 Å². The fourth-order valence-corrected chi connectivity index (χ4v) is 3.22. The van der Waals surface area contributed by atoms with E-state index in [0.717, 1.165) is 24.3 Å². The summed E-state index contributed by atoms with van der Waals surface area (Å²) in [5.41, 5.74) is -1.52. The van der Waals surface area contributed by atoms with Crippen LogP contribution >= 0.6 is 0 Å². The molecule has 1 aromatic heterocycles. The standard InChI is InChI=1S/C16H15F3N4O5S/c1-3-7-23(29(26,27)15(18)19)12-9(5-4-6-10(12)17)13(25)14-20-11(8-24)21-16(22-14)28-2/h3-6,15,24H,1,7-8H2,2H3. The number of hydrogen-bond acceptors (Lipinski definition) is 8. The topological polar surface area (TPSA) is 123 Å². The van der Waals surface area contributed by atoms with Crippen LogP contribution in [0, 0.1) is 5.82 Å². The summed E-state index contributed by atoms with van der Waals surface area (Å²) in [7, 11) is -4.14. The number of aliphatic hydroxyl groups excluding tert-OH is 1. The van der Waals surface area contributed by atoms with Crippen molar-refractivity contribution in [1.82, 2.24) is 15.0 Å². The van der Waals surface area contributed by atoms with Crippen molar-refractivity contribution in [1.29, 1.82) is 0 Å². The third-order valence-electron chi connectivity index (χ3n) is 3.50. The minimum atomic E-state index is -5.32. The molecule has 0 unspecified atom stereocenters. The van der Waals surface area contributed by atoms with Crippen LogP contribution in [0.2, 0.25) is 0 Å². The molecule has 13 heteroatoms. The van der Waals surface area contributed by atoms with Gasteiger partial charge in [0.25, 0.3) is 10.0 Å². The van der Waals surface area contributed by atoms with Crippen LogP contribution in [0.4, 0.5) is 18.9 Å². The number of ketones is 1. The number of anilines is 1. The molecule has 0 aliphatic heterocycles. The van der Waals surface area contributed by atoms with E-state index < -0.39 is 57.6 Å². The largest absolute Gasteiger partial charge is 0.467 e. The summed E-state index contributed by atoms with van der Waals surface area (Å²) in [6.07, 6.45) is 0.955. The molecule has 0 saturated heterocycles. The molecule has 0 aliphatic carbocycles. The van der Waals surface area contributed by atoms with Crippen molar-refractivity contribution in [3.8, 4) is 6.01 Å². The van der Waals surface area contributed by atoms with Gasteiger partial charge in [0.15, 0.2) is 5.82 Å². The van der Waals surface area contributed by atoms with Crippen molar-refractivity contribution in [3.63, 3.8) is 0 Å². The normalized spacial score (nSPS) is 11.4. The minimum absolute atomic E-state index is 0.0403. The van der Waals surface area contributed by atoms with Crippen molar-refractivity contribution in [2.75, 3.05) is 18.0 Å². The van der Waals surface area contributed by atoms with E-state index in [9.17, 15) is 31.5 Å². The van der Waals surface area contributed by atoms with Gasteiger partial charge in [-0.05, 0) is 12.1 Å². The van der Waals surface area contributed by atoms with Gasteiger partial charge in [-0.2, -0.15) is 18.7 Å². The second kappa shape index (κ2) is 8.96. The molecule has 0 saturated carbocycles. The van der Waals surface area contributed by atoms with Gasteiger partial charge in [0.2, 0.25) is 11.6 Å². The van der Waals surface area contributed by atoms with E-state index in [2.05, 4.69) is 21.5 Å². The van der Waals surface area contributed by atoms with Crippen molar-refractivity contribution < 1.29 is 36.2 Å². The molecule has 2 rings (SSSR count). The van der Waals surface area contributed by atoms with E-state index in [-0.39, 0.29) is 16.1 Å². The molecule has 0 fully saturated rings. The summed E-state index contributed by atoms with van der Waals surface area (Å²) < 4.78 is 69.7. The molecule has 1 N–H and O–H groups in total. The Labute approximate surface area is 163 Å². The van der Waals surface area contributed by atoms with Gasteiger partial charge < -0.3 is 9.84 Å². The van der Waals surface area contributed by atoms with E-state index in [1.54, 1.807) is 0 Å². The Morgan fingerprint density at radius 1 is 1.34 bits per heavy atom. The van der Waals surface area contributed by atoms with Gasteiger partial charge in [0, 0.05) is 0 Å². The monoisotopic (exact) mass is 432 g/mol. The quantitative estimate of drug-likeness (QED) is 0.465. The van der Waals surface area contributed by atoms with Gasteiger partial charge in [-0.25, -0.2) is 17.8 Å². The van der Waals surface area contributed by atoms with Crippen LogP contribution in [0.5, 0.6) is 6.01 Å². The number of aromatic nitrogens is 3. The molecule has 0 aliphatic rings. The zero-order valence-corrected chi connectivity index (χ0v) is 15.7. The highest BCUT2D eigenvalue weighted by atomic mass is 32.2. The Bertz CT molecular complexity index is 1010. The smallest absolute Gasteiger partial charge is 0.355 e. The maximum atomic E-state index is 14.5. The molecule has 156 valence electrons. The molecule has 0 spiro atoms. The van der Waals surface area contributed by atoms with Gasteiger partial charge in [-0.3, -0.25) is 9.10 Å². The molecule has 0 radical (unpaired) electrons. The number of nitrogens with zero attached hydrogens (tertiary/aromatic N) is 4. The lowest BCUT2D eigenvalue weighted by molar-refractivity contribution is 0.102. The van der Waals surface area contributed by atoms with E-state index in [1.165, 1.54) is 7.11 Å². The number of hydrogen-bond donors (Lipinski definition) is 1. The van der Waals surface area contributed by atoms with Crippen LogP contribution in [0.15, 0.2) is 30.9 Å². The first-order valence-corrected chi connectivity index (χ1v) is 9.31. The highest BCUT2D eigenvalue weighted by molar-refractivity contribution is 7.93. The lowest BCUT2D eigenvalue weighted by Crippen LogP contribution is -2.37. The van der Waals surface area contributed by atoms with E-state index >= 15 is 0 Å². The molecule has 0 atom stereocenters. The SMILES string of the molecule is C=CCN(c1c(F)cccc1C(=O)c1nc(CO)nc(OC)n1)S(=O)(=O)C(F)F. The van der Waals surface area contributed by atoms with Gasteiger partial charge in [-0.1, -0.05) is 12.1 Å². The average molecular weight is 432 g/mol. The number of alkyl halides is 2. The molecular weight excluding hydrogens is 417 g/mol.